The highest BCUT2D eigenvalue weighted by Crippen LogP contribution is 2.41. The molecule has 1 aromatic carbocycles. The molecule has 1 saturated carbocycles. The highest BCUT2D eigenvalue weighted by atomic mass is 79.9. The number of rotatable bonds is 2. The minimum Gasteiger partial charge on any atom is -0.326 e. The van der Waals surface area contributed by atoms with Gasteiger partial charge in [0, 0.05) is 16.1 Å². The van der Waals surface area contributed by atoms with E-state index in [1.807, 2.05) is 0 Å². The van der Waals surface area contributed by atoms with E-state index in [0.717, 1.165) is 4.47 Å². The third-order valence-electron chi connectivity index (χ3n) is 3.63. The lowest BCUT2D eigenvalue weighted by molar-refractivity contribution is -0.197. The number of anilines is 1. The molecule has 2 rings (SSSR count). The Bertz CT molecular complexity index is 472. The van der Waals surface area contributed by atoms with Crippen molar-refractivity contribution in [3.63, 3.8) is 0 Å². The molecule has 1 fully saturated rings. The summed E-state index contributed by atoms with van der Waals surface area (Å²) in [6.45, 7) is 0. The molecule has 2 nitrogen and oxygen atoms in total. The zero-order valence-corrected chi connectivity index (χ0v) is 12.3. The maximum Gasteiger partial charge on any atom is 0.392 e. The molecule has 0 bridgehead atoms. The maximum atomic E-state index is 13.0. The second-order valence-electron chi connectivity index (χ2n) is 5.04. The molecular formula is C14H15BrF3NO. The van der Waals surface area contributed by atoms with Gasteiger partial charge in [0.1, 0.15) is 0 Å². The van der Waals surface area contributed by atoms with Crippen LogP contribution in [0.25, 0.3) is 0 Å². The van der Waals surface area contributed by atoms with Crippen molar-refractivity contribution in [3.05, 3.63) is 28.7 Å². The van der Waals surface area contributed by atoms with Gasteiger partial charge in [-0.25, -0.2) is 0 Å². The highest BCUT2D eigenvalue weighted by molar-refractivity contribution is 9.10. The summed E-state index contributed by atoms with van der Waals surface area (Å²) in [4.78, 5) is 12.1. The lowest BCUT2D eigenvalue weighted by Gasteiger charge is -2.31. The molecule has 1 aliphatic rings. The Morgan fingerprint density at radius 2 is 1.75 bits per heavy atom. The van der Waals surface area contributed by atoms with E-state index < -0.39 is 23.9 Å². The molecule has 0 heterocycles. The van der Waals surface area contributed by atoms with Gasteiger partial charge in [0.15, 0.2) is 0 Å². The number of carbonyl (C=O) groups excluding carboxylic acids is 1. The van der Waals surface area contributed by atoms with Crippen molar-refractivity contribution in [2.45, 2.75) is 31.9 Å². The van der Waals surface area contributed by atoms with Crippen LogP contribution in [0.4, 0.5) is 18.9 Å². The van der Waals surface area contributed by atoms with E-state index in [0.29, 0.717) is 24.9 Å². The van der Waals surface area contributed by atoms with Gasteiger partial charge in [-0.05, 0) is 37.1 Å². The van der Waals surface area contributed by atoms with Gasteiger partial charge in [0.05, 0.1) is 5.92 Å². The molecule has 20 heavy (non-hydrogen) atoms. The SMILES string of the molecule is O=C(Nc1ccc(Br)cc1)C1CCCCC1C(F)(F)F. The Balaban J connectivity index is 2.08. The van der Waals surface area contributed by atoms with E-state index in [1.54, 1.807) is 24.3 Å². The van der Waals surface area contributed by atoms with Crippen LogP contribution in [0.1, 0.15) is 25.7 Å². The zero-order valence-electron chi connectivity index (χ0n) is 10.7. The predicted molar refractivity (Wildman–Crippen MR) is 74.3 cm³/mol. The predicted octanol–water partition coefficient (Wildman–Crippen LogP) is 4.76. The summed E-state index contributed by atoms with van der Waals surface area (Å²) in [7, 11) is 0. The minimum absolute atomic E-state index is 0.0436. The summed E-state index contributed by atoms with van der Waals surface area (Å²) < 4.78 is 39.7. The summed E-state index contributed by atoms with van der Waals surface area (Å²) in [6.07, 6.45) is -2.76. The van der Waals surface area contributed by atoms with E-state index >= 15 is 0 Å². The molecule has 0 radical (unpaired) electrons. The normalized spacial score (nSPS) is 23.4. The van der Waals surface area contributed by atoms with Crippen LogP contribution in [0, 0.1) is 11.8 Å². The number of benzene rings is 1. The number of hydrogen-bond donors (Lipinski definition) is 1. The molecular weight excluding hydrogens is 335 g/mol. The molecule has 1 N–H and O–H groups in total. The first-order valence-electron chi connectivity index (χ1n) is 6.51. The van der Waals surface area contributed by atoms with Crippen molar-refractivity contribution in [3.8, 4) is 0 Å². The van der Waals surface area contributed by atoms with Gasteiger partial charge in [0.25, 0.3) is 0 Å². The quantitative estimate of drug-likeness (QED) is 0.819. The third-order valence-corrected chi connectivity index (χ3v) is 4.16. The number of hydrogen-bond acceptors (Lipinski definition) is 1. The second-order valence-corrected chi connectivity index (χ2v) is 5.95. The van der Waals surface area contributed by atoms with Crippen LogP contribution in [0.15, 0.2) is 28.7 Å². The van der Waals surface area contributed by atoms with E-state index in [1.165, 1.54) is 0 Å². The van der Waals surface area contributed by atoms with Crippen molar-refractivity contribution in [1.82, 2.24) is 0 Å². The molecule has 1 amide bonds. The fourth-order valence-electron chi connectivity index (χ4n) is 2.60. The smallest absolute Gasteiger partial charge is 0.326 e. The van der Waals surface area contributed by atoms with Crippen LogP contribution in [-0.4, -0.2) is 12.1 Å². The lowest BCUT2D eigenvalue weighted by atomic mass is 9.78. The monoisotopic (exact) mass is 349 g/mol. The van der Waals surface area contributed by atoms with Crippen LogP contribution < -0.4 is 5.32 Å². The van der Waals surface area contributed by atoms with Gasteiger partial charge in [-0.2, -0.15) is 13.2 Å². The van der Waals surface area contributed by atoms with Gasteiger partial charge >= 0.3 is 6.18 Å². The number of nitrogens with one attached hydrogen (secondary N) is 1. The van der Waals surface area contributed by atoms with E-state index in [4.69, 9.17) is 0 Å². The number of amides is 1. The van der Waals surface area contributed by atoms with Crippen molar-refractivity contribution < 1.29 is 18.0 Å². The zero-order chi connectivity index (χ0) is 14.8. The Hall–Kier alpha value is -1.04. The van der Waals surface area contributed by atoms with Crippen molar-refractivity contribution in [2.24, 2.45) is 11.8 Å². The summed E-state index contributed by atoms with van der Waals surface area (Å²) >= 11 is 3.26. The van der Waals surface area contributed by atoms with Crippen LogP contribution in [0.3, 0.4) is 0 Å². The maximum absolute atomic E-state index is 13.0. The first-order valence-corrected chi connectivity index (χ1v) is 7.30. The van der Waals surface area contributed by atoms with E-state index in [-0.39, 0.29) is 6.42 Å². The van der Waals surface area contributed by atoms with Gasteiger partial charge in [0.2, 0.25) is 5.91 Å². The first-order chi connectivity index (χ1) is 9.38. The standard InChI is InChI=1S/C14H15BrF3NO/c15-9-5-7-10(8-6-9)19-13(20)11-3-1-2-4-12(11)14(16,17)18/h5-8,11-12H,1-4H2,(H,19,20). The number of alkyl halides is 3. The molecule has 2 unspecified atom stereocenters. The van der Waals surface area contributed by atoms with Gasteiger partial charge in [-0.3, -0.25) is 4.79 Å². The fourth-order valence-corrected chi connectivity index (χ4v) is 2.87. The fraction of sp³-hybridized carbons (Fsp3) is 0.500. The van der Waals surface area contributed by atoms with Crippen LogP contribution in [-0.2, 0) is 4.79 Å². The molecule has 6 heteroatoms. The average molecular weight is 350 g/mol. The highest BCUT2D eigenvalue weighted by Gasteiger charge is 2.47. The first kappa shape index (κ1) is 15.4. The summed E-state index contributed by atoms with van der Waals surface area (Å²) in [6, 6.07) is 6.79. The molecule has 0 aromatic heterocycles. The second kappa shape index (κ2) is 6.16. The molecule has 2 atom stereocenters. The van der Waals surface area contributed by atoms with Crippen molar-refractivity contribution in [1.29, 1.82) is 0 Å². The average Bonchev–Trinajstić information content (AvgIpc) is 2.40. The van der Waals surface area contributed by atoms with Crippen molar-refractivity contribution >= 4 is 27.5 Å². The van der Waals surface area contributed by atoms with E-state index in [9.17, 15) is 18.0 Å². The van der Waals surface area contributed by atoms with Gasteiger partial charge in [-0.15, -0.1) is 0 Å². The summed E-state index contributed by atoms with van der Waals surface area (Å²) in [5, 5.41) is 2.58. The van der Waals surface area contributed by atoms with Gasteiger partial charge < -0.3 is 5.32 Å². The third kappa shape index (κ3) is 3.75. The molecule has 0 saturated heterocycles. The van der Waals surface area contributed by atoms with Crippen LogP contribution in [0.5, 0.6) is 0 Å². The molecule has 1 aromatic rings. The van der Waals surface area contributed by atoms with Crippen molar-refractivity contribution in [2.75, 3.05) is 5.32 Å². The molecule has 1 aliphatic carbocycles. The van der Waals surface area contributed by atoms with E-state index in [2.05, 4.69) is 21.2 Å². The lowest BCUT2D eigenvalue weighted by Crippen LogP contribution is -2.39. The Kier molecular flexibility index (Phi) is 4.73. The number of carbonyl (C=O) groups is 1. The number of halogens is 4. The minimum atomic E-state index is -4.30. The summed E-state index contributed by atoms with van der Waals surface area (Å²) in [5.41, 5.74) is 0.518. The largest absolute Gasteiger partial charge is 0.392 e. The molecule has 0 aliphatic heterocycles. The Morgan fingerprint density at radius 1 is 1.15 bits per heavy atom. The Morgan fingerprint density at radius 3 is 2.35 bits per heavy atom. The summed E-state index contributed by atoms with van der Waals surface area (Å²) in [5.74, 6) is -3.03. The Labute approximate surface area is 123 Å². The topological polar surface area (TPSA) is 29.1 Å². The van der Waals surface area contributed by atoms with Crippen LogP contribution >= 0.6 is 15.9 Å². The van der Waals surface area contributed by atoms with Gasteiger partial charge in [-0.1, -0.05) is 28.8 Å². The molecule has 0 spiro atoms. The van der Waals surface area contributed by atoms with Crippen LogP contribution in [0.2, 0.25) is 0 Å². The molecule has 110 valence electrons.